The highest BCUT2D eigenvalue weighted by Gasteiger charge is 2.08. The van der Waals surface area contributed by atoms with E-state index >= 15 is 0 Å². The predicted molar refractivity (Wildman–Crippen MR) is 74.8 cm³/mol. The summed E-state index contributed by atoms with van der Waals surface area (Å²) < 4.78 is 0.922. The minimum Gasteiger partial charge on any atom is -0.324 e. The van der Waals surface area contributed by atoms with Crippen molar-refractivity contribution < 1.29 is 0 Å². The van der Waals surface area contributed by atoms with Gasteiger partial charge in [0.25, 0.3) is 0 Å². The van der Waals surface area contributed by atoms with Gasteiger partial charge in [-0.3, -0.25) is 0 Å². The molecule has 0 saturated carbocycles. The minimum atomic E-state index is 0.118. The Morgan fingerprint density at radius 2 is 2.00 bits per heavy atom. The maximum absolute atomic E-state index is 6.14. The van der Waals surface area contributed by atoms with Crippen LogP contribution < -0.4 is 5.73 Å². The fourth-order valence-corrected chi connectivity index (χ4v) is 2.17. The maximum atomic E-state index is 6.14. The van der Waals surface area contributed by atoms with E-state index in [4.69, 9.17) is 17.3 Å². The van der Waals surface area contributed by atoms with Crippen molar-refractivity contribution in [2.24, 2.45) is 11.7 Å². The van der Waals surface area contributed by atoms with E-state index in [9.17, 15) is 0 Å². The summed E-state index contributed by atoms with van der Waals surface area (Å²) in [6.45, 7) is 4.48. The van der Waals surface area contributed by atoms with Crippen molar-refractivity contribution in [3.8, 4) is 0 Å². The van der Waals surface area contributed by atoms with Crippen molar-refractivity contribution >= 4 is 27.5 Å². The fraction of sp³-hybridized carbons (Fsp3) is 0.538. The largest absolute Gasteiger partial charge is 0.324 e. The van der Waals surface area contributed by atoms with Gasteiger partial charge in [-0.25, -0.2) is 0 Å². The number of benzene rings is 1. The van der Waals surface area contributed by atoms with Crippen LogP contribution in [-0.2, 0) is 0 Å². The molecule has 1 aromatic carbocycles. The van der Waals surface area contributed by atoms with Gasteiger partial charge in [0.2, 0.25) is 0 Å². The van der Waals surface area contributed by atoms with Crippen LogP contribution in [-0.4, -0.2) is 0 Å². The summed E-state index contributed by atoms with van der Waals surface area (Å²) in [5.41, 5.74) is 7.29. The van der Waals surface area contributed by atoms with E-state index in [-0.39, 0.29) is 6.04 Å². The SMILES string of the molecule is CC(C)CCCC(N)c1ccc(Cl)c(Br)c1. The fourth-order valence-electron chi connectivity index (χ4n) is 1.66. The molecule has 0 aliphatic heterocycles. The Kier molecular flexibility index (Phi) is 5.81. The third-order valence-corrected chi connectivity index (χ3v) is 3.88. The Morgan fingerprint density at radius 3 is 2.56 bits per heavy atom. The van der Waals surface area contributed by atoms with Gasteiger partial charge in [0, 0.05) is 10.5 Å². The Hall–Kier alpha value is -0.0500. The summed E-state index contributed by atoms with van der Waals surface area (Å²) in [5.74, 6) is 0.754. The monoisotopic (exact) mass is 303 g/mol. The Balaban J connectivity index is 2.52. The third-order valence-electron chi connectivity index (χ3n) is 2.67. The first-order chi connectivity index (χ1) is 7.50. The van der Waals surface area contributed by atoms with Crippen LogP contribution in [0.4, 0.5) is 0 Å². The zero-order valence-corrected chi connectivity index (χ0v) is 12.2. The van der Waals surface area contributed by atoms with Crippen LogP contribution in [0.3, 0.4) is 0 Å². The Morgan fingerprint density at radius 1 is 1.31 bits per heavy atom. The van der Waals surface area contributed by atoms with E-state index in [1.807, 2.05) is 18.2 Å². The van der Waals surface area contributed by atoms with Crippen LogP contribution in [0.25, 0.3) is 0 Å². The minimum absolute atomic E-state index is 0.118. The molecule has 0 aromatic heterocycles. The van der Waals surface area contributed by atoms with Crippen LogP contribution in [0.15, 0.2) is 22.7 Å². The number of halogens is 2. The summed E-state index contributed by atoms with van der Waals surface area (Å²) in [6, 6.07) is 6.03. The molecule has 0 bridgehead atoms. The van der Waals surface area contributed by atoms with E-state index in [0.29, 0.717) is 0 Å². The van der Waals surface area contributed by atoms with Gasteiger partial charge >= 0.3 is 0 Å². The highest BCUT2D eigenvalue weighted by molar-refractivity contribution is 9.10. The smallest absolute Gasteiger partial charge is 0.0548 e. The lowest BCUT2D eigenvalue weighted by atomic mass is 9.99. The van der Waals surface area contributed by atoms with E-state index < -0.39 is 0 Å². The summed E-state index contributed by atoms with van der Waals surface area (Å²) >= 11 is 9.36. The molecule has 0 fully saturated rings. The second kappa shape index (κ2) is 6.63. The first-order valence-corrected chi connectivity index (χ1v) is 6.88. The van der Waals surface area contributed by atoms with Crippen LogP contribution in [0.1, 0.15) is 44.7 Å². The molecule has 1 nitrogen and oxygen atoms in total. The standard InChI is InChI=1S/C13H19BrClN/c1-9(2)4-3-5-13(16)10-6-7-12(15)11(14)8-10/h6-9,13H,3-5,16H2,1-2H3. The molecule has 0 radical (unpaired) electrons. The highest BCUT2D eigenvalue weighted by Crippen LogP contribution is 2.27. The van der Waals surface area contributed by atoms with Crippen LogP contribution in [0, 0.1) is 5.92 Å². The maximum Gasteiger partial charge on any atom is 0.0548 e. The zero-order valence-electron chi connectivity index (χ0n) is 9.84. The predicted octanol–water partition coefficient (Wildman–Crippen LogP) is 4.93. The molecule has 0 saturated heterocycles. The van der Waals surface area contributed by atoms with Gasteiger partial charge < -0.3 is 5.73 Å². The van der Waals surface area contributed by atoms with Crippen molar-refractivity contribution in [1.82, 2.24) is 0 Å². The van der Waals surface area contributed by atoms with Crippen molar-refractivity contribution in [2.45, 2.75) is 39.2 Å². The first kappa shape index (κ1) is 14.0. The van der Waals surface area contributed by atoms with Gasteiger partial charge in [0.15, 0.2) is 0 Å². The molecule has 1 aromatic rings. The normalized spacial score (nSPS) is 13.1. The lowest BCUT2D eigenvalue weighted by Gasteiger charge is -2.13. The third kappa shape index (κ3) is 4.44. The van der Waals surface area contributed by atoms with E-state index in [0.717, 1.165) is 27.4 Å². The molecular weight excluding hydrogens is 286 g/mol. The molecule has 0 aliphatic rings. The van der Waals surface area contributed by atoms with Gasteiger partial charge in [-0.1, -0.05) is 44.4 Å². The lowest BCUT2D eigenvalue weighted by molar-refractivity contribution is 0.505. The van der Waals surface area contributed by atoms with Gasteiger partial charge in [0.05, 0.1) is 5.02 Å². The van der Waals surface area contributed by atoms with E-state index in [1.165, 1.54) is 12.8 Å². The van der Waals surface area contributed by atoms with Gasteiger partial charge in [-0.2, -0.15) is 0 Å². The molecule has 1 unspecified atom stereocenters. The molecule has 0 spiro atoms. The topological polar surface area (TPSA) is 26.0 Å². The molecule has 16 heavy (non-hydrogen) atoms. The number of rotatable bonds is 5. The number of nitrogens with two attached hydrogens (primary N) is 1. The molecular formula is C13H19BrClN. The van der Waals surface area contributed by atoms with Crippen LogP contribution in [0.5, 0.6) is 0 Å². The second-order valence-corrected chi connectivity index (χ2v) is 5.87. The molecule has 0 amide bonds. The summed E-state index contributed by atoms with van der Waals surface area (Å²) in [6.07, 6.45) is 3.45. The van der Waals surface area contributed by atoms with Crippen molar-refractivity contribution in [1.29, 1.82) is 0 Å². The van der Waals surface area contributed by atoms with Gasteiger partial charge in [0.1, 0.15) is 0 Å². The van der Waals surface area contributed by atoms with Crippen molar-refractivity contribution in [3.05, 3.63) is 33.3 Å². The highest BCUT2D eigenvalue weighted by atomic mass is 79.9. The van der Waals surface area contributed by atoms with Crippen LogP contribution in [0.2, 0.25) is 5.02 Å². The summed E-state index contributed by atoms with van der Waals surface area (Å²) in [7, 11) is 0. The Bertz CT molecular complexity index is 339. The molecule has 2 N–H and O–H groups in total. The summed E-state index contributed by atoms with van der Waals surface area (Å²) in [4.78, 5) is 0. The zero-order chi connectivity index (χ0) is 12.1. The van der Waals surface area contributed by atoms with Crippen molar-refractivity contribution in [3.63, 3.8) is 0 Å². The van der Waals surface area contributed by atoms with Gasteiger partial charge in [-0.05, 0) is 46.0 Å². The molecule has 3 heteroatoms. The number of hydrogen-bond acceptors (Lipinski definition) is 1. The Labute approximate surface area is 111 Å². The molecule has 0 heterocycles. The molecule has 1 atom stereocenters. The second-order valence-electron chi connectivity index (χ2n) is 4.60. The molecule has 1 rings (SSSR count). The lowest BCUT2D eigenvalue weighted by Crippen LogP contribution is -2.10. The van der Waals surface area contributed by atoms with Gasteiger partial charge in [-0.15, -0.1) is 0 Å². The van der Waals surface area contributed by atoms with Crippen LogP contribution >= 0.6 is 27.5 Å². The first-order valence-electron chi connectivity index (χ1n) is 5.71. The van der Waals surface area contributed by atoms with E-state index in [2.05, 4.69) is 29.8 Å². The summed E-state index contributed by atoms with van der Waals surface area (Å²) in [5, 5.41) is 0.734. The quantitative estimate of drug-likeness (QED) is 0.820. The molecule has 0 aliphatic carbocycles. The van der Waals surface area contributed by atoms with E-state index in [1.54, 1.807) is 0 Å². The molecule has 90 valence electrons. The average Bonchev–Trinajstić information content (AvgIpc) is 2.21. The average molecular weight is 305 g/mol. The van der Waals surface area contributed by atoms with Crippen molar-refractivity contribution in [2.75, 3.05) is 0 Å². The number of hydrogen-bond donors (Lipinski definition) is 1.